The summed E-state index contributed by atoms with van der Waals surface area (Å²) in [6.07, 6.45) is 1.63. The summed E-state index contributed by atoms with van der Waals surface area (Å²) in [4.78, 5) is 12.4. The van der Waals surface area contributed by atoms with Crippen LogP contribution in [0.3, 0.4) is 0 Å². The third-order valence-electron chi connectivity index (χ3n) is 4.68. The fraction of sp³-hybridized carbons (Fsp3) is 0.316. The van der Waals surface area contributed by atoms with E-state index in [0.29, 0.717) is 28.7 Å². The molecule has 1 atom stereocenters. The Labute approximate surface area is 185 Å². The van der Waals surface area contributed by atoms with Crippen LogP contribution in [0.2, 0.25) is 15.1 Å². The molecule has 1 aliphatic heterocycles. The number of piperidine rings is 1. The molecule has 29 heavy (non-hydrogen) atoms. The molecule has 2 aromatic rings. The number of hydrogen-bond acceptors (Lipinski definition) is 4. The van der Waals surface area contributed by atoms with Gasteiger partial charge in [0.05, 0.1) is 15.7 Å². The highest BCUT2D eigenvalue weighted by atomic mass is 35.5. The Morgan fingerprint density at radius 3 is 2.59 bits per heavy atom. The molecule has 10 heteroatoms. The molecule has 0 radical (unpaired) electrons. The number of hydrogen-bond donors (Lipinski definition) is 2. The molecule has 3 rings (SSSR count). The Bertz CT molecular complexity index is 1000. The third kappa shape index (κ3) is 5.55. The molecule has 0 aliphatic carbocycles. The van der Waals surface area contributed by atoms with E-state index in [1.807, 2.05) is 0 Å². The maximum absolute atomic E-state index is 12.9. The minimum atomic E-state index is -3.70. The lowest BCUT2D eigenvalue weighted by atomic mass is 9.96. The summed E-state index contributed by atoms with van der Waals surface area (Å²) >= 11 is 18.0. The van der Waals surface area contributed by atoms with Gasteiger partial charge in [0.1, 0.15) is 4.90 Å². The zero-order valence-corrected chi connectivity index (χ0v) is 18.5. The molecule has 0 aromatic heterocycles. The van der Waals surface area contributed by atoms with E-state index in [1.54, 1.807) is 36.4 Å². The number of nitrogens with zero attached hydrogens (tertiary/aromatic N) is 1. The van der Waals surface area contributed by atoms with Crippen molar-refractivity contribution >= 4 is 56.4 Å². The smallest absolute Gasteiger partial charge is 0.244 e. The first-order valence-corrected chi connectivity index (χ1v) is 11.6. The van der Waals surface area contributed by atoms with Gasteiger partial charge in [0, 0.05) is 24.5 Å². The van der Waals surface area contributed by atoms with Crippen LogP contribution in [-0.2, 0) is 14.8 Å². The number of carbonyl (C=O) groups is 1. The average Bonchev–Trinajstić information content (AvgIpc) is 2.68. The van der Waals surface area contributed by atoms with E-state index in [-0.39, 0.29) is 34.7 Å². The Morgan fingerprint density at radius 1 is 1.10 bits per heavy atom. The molecule has 6 nitrogen and oxygen atoms in total. The van der Waals surface area contributed by atoms with Gasteiger partial charge in [0.2, 0.25) is 15.9 Å². The molecule has 1 unspecified atom stereocenters. The van der Waals surface area contributed by atoms with Crippen molar-refractivity contribution in [2.75, 3.05) is 18.5 Å². The molecule has 1 amide bonds. The maximum atomic E-state index is 12.9. The van der Waals surface area contributed by atoms with Crippen molar-refractivity contribution in [3.05, 3.63) is 57.5 Å². The zero-order valence-electron chi connectivity index (χ0n) is 15.4. The van der Waals surface area contributed by atoms with Crippen molar-refractivity contribution in [2.45, 2.75) is 24.2 Å². The number of halogens is 3. The SMILES string of the molecule is O=C(CC1CCCN(S(=O)(=O)c2ccccc2Cl)C1)NNc1ccc(Cl)cc1Cl. The predicted molar refractivity (Wildman–Crippen MR) is 116 cm³/mol. The molecule has 1 fully saturated rings. The molecule has 2 aromatic carbocycles. The fourth-order valence-electron chi connectivity index (χ4n) is 3.25. The number of hydrazine groups is 1. The first-order chi connectivity index (χ1) is 13.8. The van der Waals surface area contributed by atoms with Crippen LogP contribution < -0.4 is 10.9 Å². The topological polar surface area (TPSA) is 78.5 Å². The van der Waals surface area contributed by atoms with Crippen LogP contribution >= 0.6 is 34.8 Å². The van der Waals surface area contributed by atoms with Crippen LogP contribution in [-0.4, -0.2) is 31.7 Å². The van der Waals surface area contributed by atoms with E-state index in [2.05, 4.69) is 10.9 Å². The van der Waals surface area contributed by atoms with Gasteiger partial charge >= 0.3 is 0 Å². The lowest BCUT2D eigenvalue weighted by Crippen LogP contribution is -2.42. The van der Waals surface area contributed by atoms with Crippen molar-refractivity contribution in [1.29, 1.82) is 0 Å². The van der Waals surface area contributed by atoms with Crippen molar-refractivity contribution in [2.24, 2.45) is 5.92 Å². The highest BCUT2D eigenvalue weighted by Gasteiger charge is 2.32. The maximum Gasteiger partial charge on any atom is 0.244 e. The summed E-state index contributed by atoms with van der Waals surface area (Å²) in [5.41, 5.74) is 5.88. The fourth-order valence-corrected chi connectivity index (χ4v) is 5.75. The van der Waals surface area contributed by atoms with Crippen LogP contribution in [0.25, 0.3) is 0 Å². The number of sulfonamides is 1. The second kappa shape index (κ2) is 9.53. The van der Waals surface area contributed by atoms with Crippen LogP contribution in [0.1, 0.15) is 19.3 Å². The molecule has 156 valence electrons. The number of amides is 1. The molecule has 0 bridgehead atoms. The van der Waals surface area contributed by atoms with E-state index < -0.39 is 10.0 Å². The van der Waals surface area contributed by atoms with Crippen LogP contribution in [0.5, 0.6) is 0 Å². The van der Waals surface area contributed by atoms with E-state index in [1.165, 1.54) is 10.4 Å². The Morgan fingerprint density at radius 2 is 1.86 bits per heavy atom. The molecule has 0 saturated carbocycles. The van der Waals surface area contributed by atoms with Gasteiger partial charge in [-0.1, -0.05) is 46.9 Å². The number of carbonyl (C=O) groups excluding carboxylic acids is 1. The summed E-state index contributed by atoms with van der Waals surface area (Å²) in [6.45, 7) is 0.674. The van der Waals surface area contributed by atoms with E-state index in [4.69, 9.17) is 34.8 Å². The van der Waals surface area contributed by atoms with E-state index in [9.17, 15) is 13.2 Å². The zero-order chi connectivity index (χ0) is 21.0. The molecule has 1 aliphatic rings. The summed E-state index contributed by atoms with van der Waals surface area (Å²) in [5, 5.41) is 1.07. The quantitative estimate of drug-likeness (QED) is 0.598. The van der Waals surface area contributed by atoms with Crippen molar-refractivity contribution in [3.8, 4) is 0 Å². The standard InChI is InChI=1S/C19H20Cl3N3O3S/c20-14-7-8-17(16(22)11-14)23-24-19(26)10-13-4-3-9-25(12-13)29(27,28)18-6-2-1-5-15(18)21/h1-2,5-8,11,13,23H,3-4,9-10,12H2,(H,24,26). The Hall–Kier alpha value is -1.51. The lowest BCUT2D eigenvalue weighted by molar-refractivity contribution is -0.121. The molecule has 0 spiro atoms. The number of anilines is 1. The van der Waals surface area contributed by atoms with Crippen LogP contribution in [0, 0.1) is 5.92 Å². The van der Waals surface area contributed by atoms with Gasteiger partial charge in [0.25, 0.3) is 0 Å². The Kier molecular flexibility index (Phi) is 7.29. The van der Waals surface area contributed by atoms with Crippen molar-refractivity contribution in [3.63, 3.8) is 0 Å². The summed E-state index contributed by atoms with van der Waals surface area (Å²) in [5.74, 6) is -0.346. The Balaban J connectivity index is 1.59. The van der Waals surface area contributed by atoms with Crippen LogP contribution in [0.4, 0.5) is 5.69 Å². The third-order valence-corrected chi connectivity index (χ3v) is 7.59. The summed E-state index contributed by atoms with van der Waals surface area (Å²) in [6, 6.07) is 11.2. The molecular weight excluding hydrogens is 457 g/mol. The predicted octanol–water partition coefficient (Wildman–Crippen LogP) is 4.58. The highest BCUT2D eigenvalue weighted by Crippen LogP contribution is 2.29. The second-order valence-electron chi connectivity index (χ2n) is 6.80. The summed E-state index contributed by atoms with van der Waals surface area (Å²) < 4.78 is 27.2. The average molecular weight is 477 g/mol. The van der Waals surface area contributed by atoms with Gasteiger partial charge in [-0.25, -0.2) is 8.42 Å². The van der Waals surface area contributed by atoms with Crippen molar-refractivity contribution < 1.29 is 13.2 Å². The highest BCUT2D eigenvalue weighted by molar-refractivity contribution is 7.89. The first-order valence-electron chi connectivity index (χ1n) is 9.02. The molecule has 1 heterocycles. The van der Waals surface area contributed by atoms with E-state index in [0.717, 1.165) is 6.42 Å². The minimum Gasteiger partial charge on any atom is -0.297 e. The second-order valence-corrected chi connectivity index (χ2v) is 9.96. The van der Waals surface area contributed by atoms with Crippen molar-refractivity contribution in [1.82, 2.24) is 9.73 Å². The number of rotatable bonds is 6. The van der Waals surface area contributed by atoms with Gasteiger partial charge < -0.3 is 0 Å². The largest absolute Gasteiger partial charge is 0.297 e. The molecule has 1 saturated heterocycles. The molecular formula is C19H20Cl3N3O3S. The lowest BCUT2D eigenvalue weighted by Gasteiger charge is -2.31. The van der Waals surface area contributed by atoms with Crippen LogP contribution in [0.15, 0.2) is 47.4 Å². The van der Waals surface area contributed by atoms with Gasteiger partial charge in [-0.05, 0) is 49.1 Å². The first kappa shape index (κ1) is 22.2. The number of nitrogens with one attached hydrogen (secondary N) is 2. The normalized spacial score (nSPS) is 17.7. The monoisotopic (exact) mass is 475 g/mol. The minimum absolute atomic E-state index is 0.0887. The molecule has 2 N–H and O–H groups in total. The van der Waals surface area contributed by atoms with Gasteiger partial charge in [-0.3, -0.25) is 15.6 Å². The van der Waals surface area contributed by atoms with Gasteiger partial charge in [-0.2, -0.15) is 4.31 Å². The van der Waals surface area contributed by atoms with Gasteiger partial charge in [-0.15, -0.1) is 0 Å². The summed E-state index contributed by atoms with van der Waals surface area (Å²) in [7, 11) is -3.70. The number of benzene rings is 2. The van der Waals surface area contributed by atoms with E-state index >= 15 is 0 Å². The van der Waals surface area contributed by atoms with Gasteiger partial charge in [0.15, 0.2) is 0 Å².